The molecule has 1 aromatic rings. The van der Waals surface area contributed by atoms with Gasteiger partial charge in [-0.2, -0.15) is 0 Å². The lowest BCUT2D eigenvalue weighted by Gasteiger charge is -2.33. The number of rotatable bonds is 4. The molecule has 1 N–H and O–H groups in total. The summed E-state index contributed by atoms with van der Waals surface area (Å²) in [5, 5.41) is 10.4. The Morgan fingerprint density at radius 1 is 1.27 bits per heavy atom. The van der Waals surface area contributed by atoms with Gasteiger partial charge in [0.05, 0.1) is 6.10 Å². The predicted molar refractivity (Wildman–Crippen MR) is 84.7 cm³/mol. The molecule has 0 aliphatic heterocycles. The summed E-state index contributed by atoms with van der Waals surface area (Å²) < 4.78 is 11.4. The maximum absolute atomic E-state index is 12.9. The van der Waals surface area contributed by atoms with Crippen LogP contribution in [0.4, 0.5) is 0 Å². The third kappa shape index (κ3) is 1.99. The maximum Gasteiger partial charge on any atom is 0.491 e. The molecule has 2 aliphatic rings. The largest absolute Gasteiger partial charge is 0.491 e. The Kier molecular flexibility index (Phi) is 3.71. The minimum atomic E-state index is -1.08. The number of fused-ring (bicyclic) bond motifs is 1. The monoisotopic (exact) mass is 302 g/mol. The van der Waals surface area contributed by atoms with Gasteiger partial charge in [-0.05, 0) is 11.9 Å². The molecule has 5 heteroatoms. The van der Waals surface area contributed by atoms with Crippen molar-refractivity contribution in [3.8, 4) is 0 Å². The van der Waals surface area contributed by atoms with E-state index in [1.54, 1.807) is 19.2 Å². The average molecular weight is 302 g/mol. The van der Waals surface area contributed by atoms with Crippen molar-refractivity contribution < 1.29 is 19.2 Å². The lowest BCUT2D eigenvalue weighted by molar-refractivity contribution is -0.142. The number of hydrogen-bond donors (Lipinski definition) is 1. The molecule has 1 aromatic carbocycles. The fourth-order valence-electron chi connectivity index (χ4n) is 4.18. The van der Waals surface area contributed by atoms with Crippen LogP contribution in [0.5, 0.6) is 0 Å². The molecule has 0 aromatic heterocycles. The van der Waals surface area contributed by atoms with Crippen molar-refractivity contribution in [1.29, 1.82) is 0 Å². The predicted octanol–water partition coefficient (Wildman–Crippen LogP) is 1.41. The molecule has 2 fully saturated rings. The molecule has 22 heavy (non-hydrogen) atoms. The lowest BCUT2D eigenvalue weighted by atomic mass is 9.77. The fraction of sp³-hybridized carbons (Fsp3) is 0.588. The number of ether oxygens (including phenoxy) is 1. The molecule has 0 saturated heterocycles. The van der Waals surface area contributed by atoms with Crippen molar-refractivity contribution >= 4 is 18.4 Å². The highest BCUT2D eigenvalue weighted by Crippen LogP contribution is 2.69. The van der Waals surface area contributed by atoms with Crippen LogP contribution < -0.4 is 5.46 Å². The number of Topliss-reactive ketones (excluding diaryl/α,β-unsaturated/α-hetero) is 1. The summed E-state index contributed by atoms with van der Waals surface area (Å²) >= 11 is 0. The standard InChI is InChI=1S/C17H23BO4/c1-11-13(21-4)10-14-16(2,3)17(14,15(11)19)22-18(20)12-8-6-5-7-9-12/h5-9,11,13-14,20H,10H2,1-4H3. The number of hydrogen-bond acceptors (Lipinski definition) is 4. The molecule has 118 valence electrons. The summed E-state index contributed by atoms with van der Waals surface area (Å²) in [5.41, 5.74) is -0.495. The Labute approximate surface area is 132 Å². The summed E-state index contributed by atoms with van der Waals surface area (Å²) in [6, 6.07) is 9.19. The molecule has 4 unspecified atom stereocenters. The number of methoxy groups -OCH3 is 1. The van der Waals surface area contributed by atoms with Gasteiger partial charge in [0.2, 0.25) is 0 Å². The number of carbonyl (C=O) groups is 1. The van der Waals surface area contributed by atoms with Crippen molar-refractivity contribution in [3.63, 3.8) is 0 Å². The molecule has 2 aliphatic carbocycles. The second-order valence-electron chi connectivity index (χ2n) is 7.05. The fourth-order valence-corrected chi connectivity index (χ4v) is 4.18. The third-order valence-electron chi connectivity index (χ3n) is 5.73. The summed E-state index contributed by atoms with van der Waals surface area (Å²) in [4.78, 5) is 12.9. The summed E-state index contributed by atoms with van der Waals surface area (Å²) in [6.45, 7) is 5.97. The highest BCUT2D eigenvalue weighted by Gasteiger charge is 2.79. The van der Waals surface area contributed by atoms with E-state index in [2.05, 4.69) is 0 Å². The van der Waals surface area contributed by atoms with Crippen molar-refractivity contribution in [1.82, 2.24) is 0 Å². The molecule has 4 nitrogen and oxygen atoms in total. The van der Waals surface area contributed by atoms with Crippen LogP contribution in [-0.2, 0) is 14.2 Å². The van der Waals surface area contributed by atoms with Crippen LogP contribution in [0.3, 0.4) is 0 Å². The summed E-state index contributed by atoms with van der Waals surface area (Å²) in [7, 11) is 0.567. The zero-order chi connectivity index (χ0) is 16.1. The average Bonchev–Trinajstić information content (AvgIpc) is 2.99. The quantitative estimate of drug-likeness (QED) is 0.855. The minimum absolute atomic E-state index is 0.0515. The van der Waals surface area contributed by atoms with Gasteiger partial charge in [0, 0.05) is 24.4 Å². The molecule has 2 saturated carbocycles. The third-order valence-corrected chi connectivity index (χ3v) is 5.73. The van der Waals surface area contributed by atoms with Crippen LogP contribution in [0.15, 0.2) is 30.3 Å². The van der Waals surface area contributed by atoms with Crippen molar-refractivity contribution in [2.24, 2.45) is 17.3 Å². The van der Waals surface area contributed by atoms with Crippen LogP contribution in [-0.4, -0.2) is 36.7 Å². The van der Waals surface area contributed by atoms with Crippen LogP contribution in [0, 0.1) is 17.3 Å². The molecular formula is C17H23BO4. The molecular weight excluding hydrogens is 279 g/mol. The number of ketones is 1. The molecule has 0 amide bonds. The smallest absolute Gasteiger partial charge is 0.423 e. The zero-order valence-corrected chi connectivity index (χ0v) is 13.6. The first kappa shape index (κ1) is 15.7. The van der Waals surface area contributed by atoms with Gasteiger partial charge in [0.15, 0.2) is 5.78 Å². The Balaban J connectivity index is 1.87. The van der Waals surface area contributed by atoms with Crippen LogP contribution in [0.2, 0.25) is 0 Å². The van der Waals surface area contributed by atoms with E-state index in [1.807, 2.05) is 39.0 Å². The second kappa shape index (κ2) is 5.19. The minimum Gasteiger partial charge on any atom is -0.423 e. The van der Waals surface area contributed by atoms with Gasteiger partial charge >= 0.3 is 7.12 Å². The highest BCUT2D eigenvalue weighted by atomic mass is 16.6. The second-order valence-corrected chi connectivity index (χ2v) is 7.05. The summed E-state index contributed by atoms with van der Waals surface area (Å²) in [5.74, 6) is -0.0754. The SMILES string of the molecule is COC1CC2C(C)(C)C2(OB(O)c2ccccc2)C(=O)C1C. The van der Waals surface area contributed by atoms with Crippen LogP contribution in [0.25, 0.3) is 0 Å². The molecule has 3 rings (SSSR count). The normalized spacial score (nSPS) is 35.9. The Bertz CT molecular complexity index is 573. The van der Waals surface area contributed by atoms with Crippen LogP contribution in [0.1, 0.15) is 27.2 Å². The first-order chi connectivity index (χ1) is 10.4. The van der Waals surface area contributed by atoms with Crippen molar-refractivity contribution in [2.45, 2.75) is 38.9 Å². The Morgan fingerprint density at radius 3 is 2.50 bits per heavy atom. The maximum atomic E-state index is 12.9. The van der Waals surface area contributed by atoms with E-state index in [1.165, 1.54) is 0 Å². The van der Waals surface area contributed by atoms with E-state index in [0.717, 1.165) is 6.42 Å². The van der Waals surface area contributed by atoms with E-state index in [4.69, 9.17) is 9.39 Å². The number of benzene rings is 1. The molecule has 0 heterocycles. The van der Waals surface area contributed by atoms with E-state index in [-0.39, 0.29) is 29.1 Å². The van der Waals surface area contributed by atoms with Gasteiger partial charge in [-0.15, -0.1) is 0 Å². The van der Waals surface area contributed by atoms with Gasteiger partial charge in [0.1, 0.15) is 5.60 Å². The van der Waals surface area contributed by atoms with Gasteiger partial charge in [-0.3, -0.25) is 4.79 Å². The van der Waals surface area contributed by atoms with Gasteiger partial charge in [0.25, 0.3) is 0 Å². The molecule has 0 bridgehead atoms. The van der Waals surface area contributed by atoms with Gasteiger partial charge < -0.3 is 14.4 Å². The molecule has 4 atom stereocenters. The number of carbonyl (C=O) groups excluding carboxylic acids is 1. The first-order valence-corrected chi connectivity index (χ1v) is 7.84. The zero-order valence-electron chi connectivity index (χ0n) is 13.6. The van der Waals surface area contributed by atoms with E-state index in [0.29, 0.717) is 5.46 Å². The topological polar surface area (TPSA) is 55.8 Å². The van der Waals surface area contributed by atoms with E-state index >= 15 is 0 Å². The Hall–Kier alpha value is -1.17. The Morgan fingerprint density at radius 2 is 1.91 bits per heavy atom. The summed E-state index contributed by atoms with van der Waals surface area (Å²) in [6.07, 6.45) is 0.725. The van der Waals surface area contributed by atoms with Gasteiger partial charge in [-0.1, -0.05) is 51.1 Å². The lowest BCUT2D eigenvalue weighted by Crippen LogP contribution is -2.50. The molecule has 0 spiro atoms. The van der Waals surface area contributed by atoms with Gasteiger partial charge in [-0.25, -0.2) is 0 Å². The van der Waals surface area contributed by atoms with Crippen molar-refractivity contribution in [2.75, 3.05) is 7.11 Å². The molecule has 0 radical (unpaired) electrons. The first-order valence-electron chi connectivity index (χ1n) is 7.84. The van der Waals surface area contributed by atoms with E-state index < -0.39 is 12.7 Å². The van der Waals surface area contributed by atoms with Crippen LogP contribution >= 0.6 is 0 Å². The van der Waals surface area contributed by atoms with Crippen molar-refractivity contribution in [3.05, 3.63) is 30.3 Å². The highest BCUT2D eigenvalue weighted by molar-refractivity contribution is 6.60. The van der Waals surface area contributed by atoms with E-state index in [9.17, 15) is 9.82 Å².